The highest BCUT2D eigenvalue weighted by Gasteiger charge is 1.92. The summed E-state index contributed by atoms with van der Waals surface area (Å²) in [6, 6.07) is 0. The Morgan fingerprint density at radius 1 is 0.773 bits per heavy atom. The summed E-state index contributed by atoms with van der Waals surface area (Å²) in [5.41, 5.74) is 0. The molecule has 0 rings (SSSR count). The van der Waals surface area contributed by atoms with Gasteiger partial charge in [0.2, 0.25) is 0 Å². The summed E-state index contributed by atoms with van der Waals surface area (Å²) in [7, 11) is 0. The van der Waals surface area contributed by atoms with Gasteiger partial charge < -0.3 is 5.11 Å². The number of carboxylic acids is 1. The Morgan fingerprint density at radius 2 is 1.41 bits per heavy atom. The maximum Gasteiger partial charge on any atom is 0.303 e. The molecule has 0 amide bonds. The summed E-state index contributed by atoms with van der Waals surface area (Å²) < 4.78 is 0. The molecule has 0 spiro atoms. The van der Waals surface area contributed by atoms with Crippen LogP contribution in [0.5, 0.6) is 0 Å². The van der Waals surface area contributed by atoms with Crippen molar-refractivity contribution in [2.45, 2.75) is 71.1 Å². The first-order valence-corrected chi connectivity index (χ1v) is 8.60. The number of hydrogen-bond acceptors (Lipinski definition) is 1. The Bertz CT molecular complexity index is 362. The molecule has 2 nitrogen and oxygen atoms in total. The highest BCUT2D eigenvalue weighted by molar-refractivity contribution is 5.66. The number of rotatable bonds is 14. The molecular formula is C20H32O2. The Kier molecular flexibility index (Phi) is 16.2. The molecule has 0 aromatic rings. The van der Waals surface area contributed by atoms with Crippen LogP contribution in [0.3, 0.4) is 0 Å². The third-order valence-corrected chi connectivity index (χ3v) is 3.25. The van der Waals surface area contributed by atoms with E-state index >= 15 is 0 Å². The molecule has 0 aliphatic rings. The van der Waals surface area contributed by atoms with Crippen molar-refractivity contribution in [3.05, 3.63) is 48.6 Å². The van der Waals surface area contributed by atoms with Crippen LogP contribution in [0.1, 0.15) is 71.1 Å². The molecule has 0 unspecified atom stereocenters. The van der Waals surface area contributed by atoms with Gasteiger partial charge >= 0.3 is 5.97 Å². The molecule has 0 bridgehead atoms. The van der Waals surface area contributed by atoms with E-state index in [0.717, 1.165) is 25.7 Å². The molecule has 0 aliphatic heterocycles. The van der Waals surface area contributed by atoms with Gasteiger partial charge in [0, 0.05) is 6.42 Å². The van der Waals surface area contributed by atoms with Crippen LogP contribution < -0.4 is 0 Å². The molecule has 22 heavy (non-hydrogen) atoms. The lowest BCUT2D eigenvalue weighted by atomic mass is 10.1. The molecule has 0 aromatic heterocycles. The summed E-state index contributed by atoms with van der Waals surface area (Å²) in [6.07, 6.45) is 27.3. The average molecular weight is 304 g/mol. The fourth-order valence-electron chi connectivity index (χ4n) is 1.96. The Morgan fingerprint density at radius 3 is 2.14 bits per heavy atom. The highest BCUT2D eigenvalue weighted by atomic mass is 16.4. The molecule has 0 aliphatic carbocycles. The van der Waals surface area contributed by atoms with E-state index in [1.54, 1.807) is 0 Å². The van der Waals surface area contributed by atoms with Crippen molar-refractivity contribution in [3.63, 3.8) is 0 Å². The van der Waals surface area contributed by atoms with Crippen LogP contribution in [0, 0.1) is 0 Å². The van der Waals surface area contributed by atoms with E-state index in [9.17, 15) is 4.79 Å². The van der Waals surface area contributed by atoms with E-state index in [1.165, 1.54) is 32.1 Å². The largest absolute Gasteiger partial charge is 0.481 e. The standard InChI is InChI=1S/C20H32O2/c1-2-3-4-5-6-7-8-9-10-11-12-13-14-15-16-17-18-19-20(21)22/h7-10,12-13,15-16H,2-6,11,14,17-19H2,1H3,(H,21,22). The van der Waals surface area contributed by atoms with Crippen LogP contribution in [0.2, 0.25) is 0 Å². The van der Waals surface area contributed by atoms with Crippen molar-refractivity contribution in [1.29, 1.82) is 0 Å². The van der Waals surface area contributed by atoms with Crippen LogP contribution in [0.25, 0.3) is 0 Å². The first-order valence-electron chi connectivity index (χ1n) is 8.60. The predicted molar refractivity (Wildman–Crippen MR) is 96.0 cm³/mol. The molecule has 0 aromatic carbocycles. The number of carbonyl (C=O) groups is 1. The number of allylic oxidation sites excluding steroid dienone is 8. The van der Waals surface area contributed by atoms with E-state index < -0.39 is 5.97 Å². The molecule has 0 fully saturated rings. The number of hydrogen-bond donors (Lipinski definition) is 1. The van der Waals surface area contributed by atoms with Crippen LogP contribution >= 0.6 is 0 Å². The van der Waals surface area contributed by atoms with Crippen molar-refractivity contribution < 1.29 is 9.90 Å². The topological polar surface area (TPSA) is 37.3 Å². The van der Waals surface area contributed by atoms with Crippen LogP contribution in [-0.4, -0.2) is 11.1 Å². The van der Waals surface area contributed by atoms with Gasteiger partial charge in [-0.15, -0.1) is 0 Å². The Hall–Kier alpha value is -1.57. The molecule has 0 saturated heterocycles. The predicted octanol–water partition coefficient (Wildman–Crippen LogP) is 6.22. The van der Waals surface area contributed by atoms with Gasteiger partial charge in [-0.3, -0.25) is 4.79 Å². The normalized spacial score (nSPS) is 12.4. The van der Waals surface area contributed by atoms with Gasteiger partial charge in [-0.05, 0) is 38.5 Å². The van der Waals surface area contributed by atoms with Crippen molar-refractivity contribution in [2.75, 3.05) is 0 Å². The van der Waals surface area contributed by atoms with Crippen molar-refractivity contribution >= 4 is 5.97 Å². The summed E-state index contributed by atoms with van der Waals surface area (Å²) in [4.78, 5) is 10.3. The monoisotopic (exact) mass is 304 g/mol. The molecule has 0 atom stereocenters. The van der Waals surface area contributed by atoms with E-state index in [4.69, 9.17) is 5.11 Å². The van der Waals surface area contributed by atoms with E-state index in [0.29, 0.717) is 0 Å². The zero-order chi connectivity index (χ0) is 16.3. The lowest BCUT2D eigenvalue weighted by molar-refractivity contribution is -0.137. The quantitative estimate of drug-likeness (QED) is 0.235. The molecular weight excluding hydrogens is 272 g/mol. The summed E-state index contributed by atoms with van der Waals surface area (Å²) in [6.45, 7) is 2.24. The number of aliphatic carboxylic acids is 1. The SMILES string of the molecule is CCCCCCC=CC=CCC=CCC=CCCCC(=O)O. The van der Waals surface area contributed by atoms with E-state index in [2.05, 4.69) is 55.5 Å². The lowest BCUT2D eigenvalue weighted by Crippen LogP contribution is -1.92. The third-order valence-electron chi connectivity index (χ3n) is 3.25. The number of carboxylic acid groups (broad SMARTS) is 1. The minimum absolute atomic E-state index is 0.261. The average Bonchev–Trinajstić information content (AvgIpc) is 2.50. The highest BCUT2D eigenvalue weighted by Crippen LogP contribution is 2.03. The molecule has 124 valence electrons. The second-order valence-corrected chi connectivity index (χ2v) is 5.41. The summed E-state index contributed by atoms with van der Waals surface area (Å²) in [5.74, 6) is -0.713. The lowest BCUT2D eigenvalue weighted by Gasteiger charge is -1.92. The first kappa shape index (κ1) is 20.4. The molecule has 2 heteroatoms. The van der Waals surface area contributed by atoms with Crippen LogP contribution in [0.4, 0.5) is 0 Å². The zero-order valence-electron chi connectivity index (χ0n) is 14.0. The smallest absolute Gasteiger partial charge is 0.303 e. The van der Waals surface area contributed by atoms with Crippen molar-refractivity contribution in [3.8, 4) is 0 Å². The zero-order valence-corrected chi connectivity index (χ0v) is 14.0. The van der Waals surface area contributed by atoms with Gasteiger partial charge in [-0.2, -0.15) is 0 Å². The van der Waals surface area contributed by atoms with Gasteiger partial charge in [0.25, 0.3) is 0 Å². The third kappa shape index (κ3) is 18.4. The second kappa shape index (κ2) is 17.5. The van der Waals surface area contributed by atoms with Crippen molar-refractivity contribution in [2.24, 2.45) is 0 Å². The van der Waals surface area contributed by atoms with E-state index in [1.807, 2.05) is 0 Å². The van der Waals surface area contributed by atoms with Gasteiger partial charge in [0.05, 0.1) is 0 Å². The molecule has 0 heterocycles. The van der Waals surface area contributed by atoms with Gasteiger partial charge in [-0.25, -0.2) is 0 Å². The fraction of sp³-hybridized carbons (Fsp3) is 0.550. The van der Waals surface area contributed by atoms with Crippen molar-refractivity contribution in [1.82, 2.24) is 0 Å². The minimum atomic E-state index is -0.713. The molecule has 1 N–H and O–H groups in total. The second-order valence-electron chi connectivity index (χ2n) is 5.41. The number of unbranched alkanes of at least 4 members (excludes halogenated alkanes) is 5. The van der Waals surface area contributed by atoms with E-state index in [-0.39, 0.29) is 6.42 Å². The maximum absolute atomic E-state index is 10.3. The minimum Gasteiger partial charge on any atom is -0.481 e. The summed E-state index contributed by atoms with van der Waals surface area (Å²) >= 11 is 0. The van der Waals surface area contributed by atoms with Crippen LogP contribution in [0.15, 0.2) is 48.6 Å². The van der Waals surface area contributed by atoms with Gasteiger partial charge in [0.1, 0.15) is 0 Å². The van der Waals surface area contributed by atoms with Gasteiger partial charge in [-0.1, -0.05) is 74.8 Å². The summed E-state index contributed by atoms with van der Waals surface area (Å²) in [5, 5.41) is 8.49. The maximum atomic E-state index is 10.3. The van der Waals surface area contributed by atoms with Crippen LogP contribution in [-0.2, 0) is 4.79 Å². The molecule has 0 saturated carbocycles. The fourth-order valence-corrected chi connectivity index (χ4v) is 1.96. The first-order chi connectivity index (χ1) is 10.8. The molecule has 0 radical (unpaired) electrons. The Labute approximate surface area is 136 Å². The van der Waals surface area contributed by atoms with Gasteiger partial charge in [0.15, 0.2) is 0 Å². The Balaban J connectivity index is 3.42.